The zero-order chi connectivity index (χ0) is 2.00. The van der Waals surface area contributed by atoms with Crippen molar-refractivity contribution in [3.05, 3.63) is 0 Å². The van der Waals surface area contributed by atoms with E-state index < -0.39 is 0 Å². The fourth-order valence-electron chi connectivity index (χ4n) is 0. The van der Waals surface area contributed by atoms with Crippen LogP contribution in [-0.4, -0.2) is 16.0 Å². The van der Waals surface area contributed by atoms with Crippen LogP contribution in [-0.2, 0) is 21.1 Å². The number of hydrogen-bond acceptors (Lipinski definition) is 1. The van der Waals surface area contributed by atoms with Crippen LogP contribution >= 0.6 is 0 Å². The second kappa shape index (κ2) is 94.8. The molecule has 0 aromatic carbocycles. The first-order valence-electron chi connectivity index (χ1n) is 0.408. The van der Waals surface area contributed by atoms with Crippen molar-refractivity contribution < 1.29 is 57.6 Å². The summed E-state index contributed by atoms with van der Waals surface area (Å²) >= 11 is 0. The molecule has 0 atom stereocenters. The standard InChI is InChI=1S/2ClH.Mo.H3OSi.H2O.H2/c;;;1-2;;/h2*1H;;2H3;1H2;1H/q;;+3;-1;;/p-2. The van der Waals surface area contributed by atoms with Gasteiger partial charge >= 0.3 is 21.1 Å². The SMILES string of the molecule is O.[Cl-].[Cl-].[HH].[Mo+3].[O-][SiH3]. The summed E-state index contributed by atoms with van der Waals surface area (Å²) in [6.45, 7) is 0. The molecule has 0 aliphatic heterocycles. The minimum absolute atomic E-state index is 0. The normalized spacial score (nSPS) is 1.50. The molecule has 0 saturated heterocycles. The average Bonchev–Trinajstić information content (AvgIpc) is 1.00. The van der Waals surface area contributed by atoms with Crippen molar-refractivity contribution in [2.45, 2.75) is 0 Å². The Labute approximate surface area is 68.1 Å². The predicted octanol–water partition coefficient (Wildman–Crippen LogP) is -8.95. The smallest absolute Gasteiger partial charge is 1.00 e. The van der Waals surface area contributed by atoms with Crippen LogP contribution in [0, 0.1) is 0 Å². The summed E-state index contributed by atoms with van der Waals surface area (Å²) in [6, 6.07) is 0. The molecule has 0 heterocycles. The Morgan fingerprint density at radius 1 is 1.17 bits per heavy atom. The predicted molar refractivity (Wildman–Crippen MR) is 15.7 cm³/mol. The van der Waals surface area contributed by atoms with Gasteiger partial charge in [-0.1, -0.05) is 10.5 Å². The van der Waals surface area contributed by atoms with E-state index in [9.17, 15) is 0 Å². The molecule has 0 aromatic rings. The van der Waals surface area contributed by atoms with E-state index in [1.165, 1.54) is 0 Å². The third-order valence-electron chi connectivity index (χ3n) is 0. The second-order valence-electron chi connectivity index (χ2n) is 0. The Bertz CT molecular complexity index is 15.7. The van der Waals surface area contributed by atoms with Gasteiger partial charge in [-0.15, -0.1) is 0 Å². The van der Waals surface area contributed by atoms with Gasteiger partial charge in [0.25, 0.3) is 0 Å². The van der Waals surface area contributed by atoms with E-state index in [1.54, 1.807) is 0 Å². The van der Waals surface area contributed by atoms with Crippen LogP contribution in [0.1, 0.15) is 1.43 Å². The largest absolute Gasteiger partial charge is 3.00 e. The fraction of sp³-hybridized carbons (Fsp3) is 0. The molecule has 0 bridgehead atoms. The Kier molecular flexibility index (Phi) is 830. The molecule has 0 saturated carbocycles. The topological polar surface area (TPSA) is 54.6 Å². The van der Waals surface area contributed by atoms with E-state index in [4.69, 9.17) is 4.80 Å². The van der Waals surface area contributed by atoms with Crippen molar-refractivity contribution in [3.8, 4) is 0 Å². The van der Waals surface area contributed by atoms with Crippen LogP contribution in [0.5, 0.6) is 0 Å². The second-order valence-corrected chi connectivity index (χ2v) is 0. The van der Waals surface area contributed by atoms with Crippen LogP contribution in [0.2, 0.25) is 0 Å². The molecule has 0 fully saturated rings. The Balaban J connectivity index is -0.000000000500. The molecular weight excluding hydrogens is 227 g/mol. The fourth-order valence-corrected chi connectivity index (χ4v) is 0. The van der Waals surface area contributed by atoms with Crippen LogP contribution in [0.25, 0.3) is 0 Å². The third-order valence-corrected chi connectivity index (χ3v) is 0. The quantitative estimate of drug-likeness (QED) is 0.384. The summed E-state index contributed by atoms with van der Waals surface area (Å²) < 4.78 is 0. The molecule has 0 aliphatic rings. The van der Waals surface area contributed by atoms with Gasteiger partial charge in [-0.25, -0.2) is 0 Å². The van der Waals surface area contributed by atoms with Gasteiger partial charge in [0, 0.05) is 1.43 Å². The van der Waals surface area contributed by atoms with Crippen molar-refractivity contribution in [2.75, 3.05) is 0 Å². The van der Waals surface area contributed by atoms with Gasteiger partial charge in [0.2, 0.25) is 0 Å². The molecule has 0 spiro atoms. The molecule has 0 aromatic heterocycles. The summed E-state index contributed by atoms with van der Waals surface area (Å²) in [7, 11) is 0.0556. The van der Waals surface area contributed by atoms with E-state index in [1.807, 2.05) is 0 Å². The third kappa shape index (κ3) is 53.1. The van der Waals surface area contributed by atoms with Gasteiger partial charge in [0.05, 0.1) is 0 Å². The van der Waals surface area contributed by atoms with Crippen molar-refractivity contribution in [1.82, 2.24) is 0 Å². The molecule has 0 rings (SSSR count). The van der Waals surface area contributed by atoms with Crippen molar-refractivity contribution in [1.29, 1.82) is 0 Å². The van der Waals surface area contributed by atoms with Crippen LogP contribution < -0.4 is 29.6 Å². The van der Waals surface area contributed by atoms with Crippen LogP contribution in [0.4, 0.5) is 0 Å². The molecule has 2 N–H and O–H groups in total. The van der Waals surface area contributed by atoms with E-state index >= 15 is 0 Å². The monoisotopic (exact) mass is 235 g/mol. The average molecular weight is 234 g/mol. The van der Waals surface area contributed by atoms with Gasteiger partial charge in [-0.05, 0) is 0 Å². The van der Waals surface area contributed by atoms with Crippen LogP contribution in [0.15, 0.2) is 0 Å². The molecule has 0 unspecified atom stereocenters. The first-order chi connectivity index (χ1) is 1.00. The molecule has 43 valence electrons. The minimum Gasteiger partial charge on any atom is -1.00 e. The van der Waals surface area contributed by atoms with Gasteiger partial charge in [-0.2, -0.15) is 0 Å². The molecule has 0 amide bonds. The first-order valence-corrected chi connectivity index (χ1v) is 1.22. The number of rotatable bonds is 0. The zero-order valence-corrected chi connectivity index (χ0v) is 8.59. The van der Waals surface area contributed by atoms with Crippen molar-refractivity contribution >= 4 is 10.5 Å². The van der Waals surface area contributed by atoms with Crippen LogP contribution in [0.3, 0.4) is 0 Å². The van der Waals surface area contributed by atoms with E-state index in [2.05, 4.69) is 0 Å². The summed E-state index contributed by atoms with van der Waals surface area (Å²) in [5.74, 6) is 0. The first kappa shape index (κ1) is 52.5. The Hall–Kier alpha value is 1.41. The Morgan fingerprint density at radius 2 is 1.17 bits per heavy atom. The van der Waals surface area contributed by atoms with Gasteiger partial charge in [-0.3, -0.25) is 0 Å². The van der Waals surface area contributed by atoms with Gasteiger partial charge in [0.1, 0.15) is 0 Å². The van der Waals surface area contributed by atoms with E-state index in [0.717, 1.165) is 0 Å². The van der Waals surface area contributed by atoms with E-state index in [-0.39, 0.29) is 63.3 Å². The van der Waals surface area contributed by atoms with E-state index in [0.29, 0.717) is 0 Å². The van der Waals surface area contributed by atoms with Gasteiger partial charge < -0.3 is 35.1 Å². The molecule has 2 nitrogen and oxygen atoms in total. The maximum atomic E-state index is 8.39. The molecule has 1 radical (unpaired) electrons. The molecule has 0 aliphatic carbocycles. The Morgan fingerprint density at radius 3 is 1.17 bits per heavy atom. The summed E-state index contributed by atoms with van der Waals surface area (Å²) in [5.41, 5.74) is 0. The van der Waals surface area contributed by atoms with Gasteiger partial charge in [0.15, 0.2) is 0 Å². The number of hydrogen-bond donors (Lipinski definition) is 0. The minimum atomic E-state index is 0. The van der Waals surface area contributed by atoms with Crippen molar-refractivity contribution in [3.63, 3.8) is 0 Å². The zero-order valence-electron chi connectivity index (χ0n) is 3.07. The summed E-state index contributed by atoms with van der Waals surface area (Å²) in [6.07, 6.45) is 0. The number of halogens is 2. The molecule has 6 heavy (non-hydrogen) atoms. The maximum absolute atomic E-state index is 8.39. The summed E-state index contributed by atoms with van der Waals surface area (Å²) in [5, 5.41) is 0. The molecular formula is H7Cl2MoO2Si. The van der Waals surface area contributed by atoms with Crippen molar-refractivity contribution in [2.24, 2.45) is 0 Å². The molecule has 6 heteroatoms. The summed E-state index contributed by atoms with van der Waals surface area (Å²) in [4.78, 5) is 8.39. The maximum Gasteiger partial charge on any atom is 3.00 e.